The molecule has 0 spiro atoms. The Bertz CT molecular complexity index is 855. The molecule has 0 fully saturated rings. The summed E-state index contributed by atoms with van der Waals surface area (Å²) in [5.74, 6) is -3.69. The monoisotopic (exact) mass is 361 g/mol. The zero-order chi connectivity index (χ0) is 19.3. The number of nitrogens with one attached hydrogen (secondary N) is 3. The van der Waals surface area contributed by atoms with E-state index >= 15 is 0 Å². The van der Waals surface area contributed by atoms with Gasteiger partial charge in [-0.1, -0.05) is 12.1 Å². The van der Waals surface area contributed by atoms with Gasteiger partial charge < -0.3 is 16.0 Å². The normalized spacial score (nSPS) is 11.4. The van der Waals surface area contributed by atoms with Crippen LogP contribution in [-0.2, 0) is 9.59 Å². The molecule has 3 N–H and O–H groups in total. The molecular weight excluding hydrogens is 344 g/mol. The predicted octanol–water partition coefficient (Wildman–Crippen LogP) is 2.14. The van der Waals surface area contributed by atoms with Gasteiger partial charge in [0, 0.05) is 25.2 Å². The Balaban J connectivity index is 2.28. The van der Waals surface area contributed by atoms with Crippen molar-refractivity contribution in [3.05, 3.63) is 65.2 Å². The fraction of sp³-hybridized carbons (Fsp3) is 0.167. The number of carbonyl (C=O) groups excluding carboxylic acids is 3. The lowest BCUT2D eigenvalue weighted by Crippen LogP contribution is -2.39. The molecule has 6 nitrogen and oxygen atoms in total. The van der Waals surface area contributed by atoms with E-state index in [1.807, 2.05) is 0 Å². The molecule has 0 aromatic heterocycles. The number of hydrogen-bond acceptors (Lipinski definition) is 3. The van der Waals surface area contributed by atoms with Crippen LogP contribution in [0.15, 0.2) is 42.5 Å². The van der Waals surface area contributed by atoms with Crippen molar-refractivity contribution in [1.29, 1.82) is 0 Å². The van der Waals surface area contributed by atoms with Crippen LogP contribution >= 0.6 is 0 Å². The van der Waals surface area contributed by atoms with E-state index in [0.717, 1.165) is 12.1 Å². The lowest BCUT2D eigenvalue weighted by Gasteiger charge is -2.18. The van der Waals surface area contributed by atoms with Crippen LogP contribution in [0, 0.1) is 11.6 Å². The maximum atomic E-state index is 13.5. The molecule has 8 heteroatoms. The van der Waals surface area contributed by atoms with Gasteiger partial charge in [0.25, 0.3) is 5.91 Å². The van der Waals surface area contributed by atoms with Gasteiger partial charge in [-0.2, -0.15) is 0 Å². The minimum absolute atomic E-state index is 0.0922. The number of anilines is 1. The highest BCUT2D eigenvalue weighted by atomic mass is 19.2. The smallest absolute Gasteiger partial charge is 0.252 e. The molecule has 0 radical (unpaired) electrons. The second-order valence-electron chi connectivity index (χ2n) is 5.46. The minimum atomic E-state index is -1.22. The number of carbonyl (C=O) groups is 3. The van der Waals surface area contributed by atoms with E-state index < -0.39 is 29.5 Å². The summed E-state index contributed by atoms with van der Waals surface area (Å²) in [5.41, 5.74) is 0.692. The average molecular weight is 361 g/mol. The van der Waals surface area contributed by atoms with Crippen molar-refractivity contribution in [1.82, 2.24) is 10.6 Å². The number of likely N-dealkylation sites (N-methyl/N-ethyl adjacent to an activating group) is 1. The molecule has 0 heterocycles. The molecule has 2 rings (SSSR count). The zero-order valence-corrected chi connectivity index (χ0v) is 14.1. The summed E-state index contributed by atoms with van der Waals surface area (Å²) < 4.78 is 26.6. The molecule has 0 aliphatic heterocycles. The van der Waals surface area contributed by atoms with Crippen LogP contribution in [-0.4, -0.2) is 24.8 Å². The maximum absolute atomic E-state index is 13.5. The molecule has 0 aliphatic rings. The van der Waals surface area contributed by atoms with Crippen LogP contribution in [0.3, 0.4) is 0 Å². The topological polar surface area (TPSA) is 87.3 Å². The van der Waals surface area contributed by atoms with Crippen molar-refractivity contribution in [2.24, 2.45) is 0 Å². The van der Waals surface area contributed by atoms with Gasteiger partial charge in [0.15, 0.2) is 11.6 Å². The van der Waals surface area contributed by atoms with E-state index in [0.29, 0.717) is 5.69 Å². The van der Waals surface area contributed by atoms with Crippen molar-refractivity contribution in [2.45, 2.75) is 13.0 Å². The van der Waals surface area contributed by atoms with Crippen LogP contribution in [0.5, 0.6) is 0 Å². The van der Waals surface area contributed by atoms with Crippen LogP contribution in [0.1, 0.15) is 28.9 Å². The summed E-state index contributed by atoms with van der Waals surface area (Å²) in [6.45, 7) is 1.33. The summed E-state index contributed by atoms with van der Waals surface area (Å²) in [5, 5.41) is 7.38. The standard InChI is InChI=1S/C18H17F2N3O3/c1-10(24)22-13-5-3-4-12(8-13)17(25)23-16(18(26)21-2)11-6-7-14(19)15(20)9-11/h3-9,16H,1-2H3,(H,21,26)(H,22,24)(H,23,25). The van der Waals surface area contributed by atoms with Crippen molar-refractivity contribution in [3.8, 4) is 0 Å². The van der Waals surface area contributed by atoms with Gasteiger partial charge in [-0.25, -0.2) is 8.78 Å². The van der Waals surface area contributed by atoms with E-state index in [9.17, 15) is 23.2 Å². The number of amides is 3. The van der Waals surface area contributed by atoms with Crippen molar-refractivity contribution in [2.75, 3.05) is 12.4 Å². The van der Waals surface area contributed by atoms with Gasteiger partial charge in [0.1, 0.15) is 6.04 Å². The van der Waals surface area contributed by atoms with Gasteiger partial charge in [0.05, 0.1) is 0 Å². The second-order valence-corrected chi connectivity index (χ2v) is 5.46. The molecule has 1 unspecified atom stereocenters. The first-order valence-corrected chi connectivity index (χ1v) is 7.67. The Morgan fingerprint density at radius 1 is 1.00 bits per heavy atom. The fourth-order valence-electron chi connectivity index (χ4n) is 2.29. The predicted molar refractivity (Wildman–Crippen MR) is 91.4 cm³/mol. The molecular formula is C18H17F2N3O3. The molecule has 2 aromatic carbocycles. The SMILES string of the molecule is CNC(=O)C(NC(=O)c1cccc(NC(C)=O)c1)c1ccc(F)c(F)c1. The molecule has 0 saturated carbocycles. The first kappa shape index (κ1) is 19.0. The van der Waals surface area contributed by atoms with E-state index in [2.05, 4.69) is 16.0 Å². The number of halogens is 2. The minimum Gasteiger partial charge on any atom is -0.357 e. The molecule has 136 valence electrons. The zero-order valence-electron chi connectivity index (χ0n) is 14.1. The number of benzene rings is 2. The van der Waals surface area contributed by atoms with Gasteiger partial charge in [0.2, 0.25) is 11.8 Å². The third-order valence-corrected chi connectivity index (χ3v) is 3.51. The summed E-state index contributed by atoms with van der Waals surface area (Å²) in [4.78, 5) is 35.7. The first-order chi connectivity index (χ1) is 12.3. The molecule has 0 aliphatic carbocycles. The first-order valence-electron chi connectivity index (χ1n) is 7.67. The lowest BCUT2D eigenvalue weighted by atomic mass is 10.0. The summed E-state index contributed by atoms with van der Waals surface area (Å²) >= 11 is 0. The van der Waals surface area contributed by atoms with Crippen LogP contribution in [0.4, 0.5) is 14.5 Å². The summed E-state index contributed by atoms with van der Waals surface area (Å²) in [6, 6.07) is 7.82. The van der Waals surface area contributed by atoms with Gasteiger partial charge in [-0.15, -0.1) is 0 Å². The highest BCUT2D eigenvalue weighted by Crippen LogP contribution is 2.18. The Kier molecular flexibility index (Phi) is 6.00. The van der Waals surface area contributed by atoms with Gasteiger partial charge >= 0.3 is 0 Å². The third-order valence-electron chi connectivity index (χ3n) is 3.51. The van der Waals surface area contributed by atoms with Gasteiger partial charge in [-0.05, 0) is 35.9 Å². The molecule has 0 bridgehead atoms. The largest absolute Gasteiger partial charge is 0.357 e. The number of hydrogen-bond donors (Lipinski definition) is 3. The second kappa shape index (κ2) is 8.19. The van der Waals surface area contributed by atoms with E-state index in [1.54, 1.807) is 12.1 Å². The highest BCUT2D eigenvalue weighted by Gasteiger charge is 2.23. The Hall–Kier alpha value is -3.29. The maximum Gasteiger partial charge on any atom is 0.252 e. The molecule has 3 amide bonds. The Morgan fingerprint density at radius 3 is 2.35 bits per heavy atom. The van der Waals surface area contributed by atoms with E-state index in [1.165, 1.54) is 32.2 Å². The fourth-order valence-corrected chi connectivity index (χ4v) is 2.29. The molecule has 1 atom stereocenters. The van der Waals surface area contributed by atoms with Crippen molar-refractivity contribution in [3.63, 3.8) is 0 Å². The summed E-state index contributed by atoms with van der Waals surface area (Å²) in [7, 11) is 1.36. The Labute approximate surface area is 148 Å². The molecule has 26 heavy (non-hydrogen) atoms. The van der Waals surface area contributed by atoms with Crippen molar-refractivity contribution >= 4 is 23.4 Å². The highest BCUT2D eigenvalue weighted by molar-refractivity contribution is 5.99. The van der Waals surface area contributed by atoms with E-state index in [4.69, 9.17) is 0 Å². The van der Waals surface area contributed by atoms with Crippen molar-refractivity contribution < 1.29 is 23.2 Å². The lowest BCUT2D eigenvalue weighted by molar-refractivity contribution is -0.122. The quantitative estimate of drug-likeness (QED) is 0.763. The van der Waals surface area contributed by atoms with E-state index in [-0.39, 0.29) is 17.0 Å². The van der Waals surface area contributed by atoms with Crippen LogP contribution in [0.2, 0.25) is 0 Å². The number of rotatable bonds is 5. The van der Waals surface area contributed by atoms with Crippen LogP contribution in [0.25, 0.3) is 0 Å². The van der Waals surface area contributed by atoms with Crippen LogP contribution < -0.4 is 16.0 Å². The summed E-state index contributed by atoms with van der Waals surface area (Å²) in [6.07, 6.45) is 0. The Morgan fingerprint density at radius 2 is 1.73 bits per heavy atom. The third kappa shape index (κ3) is 4.62. The molecule has 2 aromatic rings. The molecule has 0 saturated heterocycles. The average Bonchev–Trinajstić information content (AvgIpc) is 2.61. The van der Waals surface area contributed by atoms with Gasteiger partial charge in [-0.3, -0.25) is 14.4 Å².